The van der Waals surface area contributed by atoms with E-state index < -0.39 is 29.9 Å². The van der Waals surface area contributed by atoms with Gasteiger partial charge in [-0.25, -0.2) is 4.79 Å². The minimum atomic E-state index is -4.21. The molecule has 0 aromatic rings. The summed E-state index contributed by atoms with van der Waals surface area (Å²) in [6.07, 6.45) is 6.02. The lowest BCUT2D eigenvalue weighted by atomic mass is 9.89. The van der Waals surface area contributed by atoms with Gasteiger partial charge in [0, 0.05) is 6.08 Å². The Morgan fingerprint density at radius 3 is 2.29 bits per heavy atom. The number of allylic oxidation sites excluding steroid dienone is 1. The SMILES string of the molecule is CC(C)C(OC(=O)/C=C/C1CCCCC1)C(F)(F)C(=O)[O-]. The predicted molar refractivity (Wildman–Crippen MR) is 70.4 cm³/mol. The van der Waals surface area contributed by atoms with Gasteiger partial charge in [0.05, 0.1) is 0 Å². The highest BCUT2D eigenvalue weighted by molar-refractivity contribution is 5.83. The fourth-order valence-electron chi connectivity index (χ4n) is 2.45. The molecule has 0 radical (unpaired) electrons. The number of esters is 1. The van der Waals surface area contributed by atoms with E-state index in [1.807, 2.05) is 0 Å². The van der Waals surface area contributed by atoms with Crippen LogP contribution < -0.4 is 5.11 Å². The first-order valence-corrected chi connectivity index (χ1v) is 7.23. The van der Waals surface area contributed by atoms with Crippen molar-refractivity contribution in [1.29, 1.82) is 0 Å². The number of carboxylic acid groups (broad SMARTS) is 1. The number of carboxylic acids is 1. The van der Waals surface area contributed by atoms with Gasteiger partial charge in [0.15, 0.2) is 6.10 Å². The second-order valence-corrected chi connectivity index (χ2v) is 5.77. The molecule has 1 saturated carbocycles. The lowest BCUT2D eigenvalue weighted by molar-refractivity contribution is -0.337. The summed E-state index contributed by atoms with van der Waals surface area (Å²) in [6.45, 7) is 2.72. The standard InChI is InChI=1S/C15H22F2O4/c1-10(2)13(15(16,17)14(19)20)21-12(18)9-8-11-6-4-3-5-7-11/h8-11,13H,3-7H2,1-2H3,(H,19,20)/p-1/b9-8+. The molecule has 1 fully saturated rings. The van der Waals surface area contributed by atoms with Crippen LogP contribution in [0.1, 0.15) is 46.0 Å². The van der Waals surface area contributed by atoms with Crippen molar-refractivity contribution in [2.45, 2.75) is 58.0 Å². The largest absolute Gasteiger partial charge is 0.544 e. The second-order valence-electron chi connectivity index (χ2n) is 5.77. The van der Waals surface area contributed by atoms with Gasteiger partial charge in [-0.2, -0.15) is 8.78 Å². The van der Waals surface area contributed by atoms with E-state index in [4.69, 9.17) is 0 Å². The van der Waals surface area contributed by atoms with Crippen LogP contribution in [0.5, 0.6) is 0 Å². The number of carbonyl (C=O) groups excluding carboxylic acids is 2. The van der Waals surface area contributed by atoms with Crippen molar-refractivity contribution in [3.63, 3.8) is 0 Å². The van der Waals surface area contributed by atoms with Gasteiger partial charge in [-0.05, 0) is 24.7 Å². The van der Waals surface area contributed by atoms with Crippen molar-refractivity contribution in [3.05, 3.63) is 12.2 Å². The third kappa shape index (κ3) is 5.10. The predicted octanol–water partition coefficient (Wildman–Crippen LogP) is 2.08. The smallest absolute Gasteiger partial charge is 0.330 e. The normalized spacial score (nSPS) is 18.9. The highest BCUT2D eigenvalue weighted by Gasteiger charge is 2.45. The van der Waals surface area contributed by atoms with E-state index in [1.54, 1.807) is 6.08 Å². The molecular formula is C15H21F2O4-. The van der Waals surface area contributed by atoms with Crippen molar-refractivity contribution in [3.8, 4) is 0 Å². The van der Waals surface area contributed by atoms with E-state index in [2.05, 4.69) is 4.74 Å². The van der Waals surface area contributed by atoms with E-state index >= 15 is 0 Å². The minimum Gasteiger partial charge on any atom is -0.544 e. The number of ether oxygens (including phenoxy) is 1. The Morgan fingerprint density at radius 1 is 1.24 bits per heavy atom. The first kappa shape index (κ1) is 17.6. The zero-order valence-electron chi connectivity index (χ0n) is 12.3. The molecule has 1 unspecified atom stereocenters. The summed E-state index contributed by atoms with van der Waals surface area (Å²) < 4.78 is 31.5. The maximum absolute atomic E-state index is 13.5. The van der Waals surface area contributed by atoms with Gasteiger partial charge in [-0.15, -0.1) is 0 Å². The van der Waals surface area contributed by atoms with Gasteiger partial charge in [0.2, 0.25) is 0 Å². The van der Waals surface area contributed by atoms with Crippen LogP contribution in [0.2, 0.25) is 0 Å². The molecule has 0 aromatic carbocycles. The topological polar surface area (TPSA) is 66.4 Å². The number of hydrogen-bond donors (Lipinski definition) is 0. The highest BCUT2D eigenvalue weighted by Crippen LogP contribution is 2.27. The van der Waals surface area contributed by atoms with E-state index in [1.165, 1.54) is 20.3 Å². The Hall–Kier alpha value is -1.46. The molecule has 1 aliphatic carbocycles. The molecule has 0 amide bonds. The number of aliphatic carboxylic acids is 1. The Kier molecular flexibility index (Phi) is 6.30. The molecular weight excluding hydrogens is 282 g/mol. The number of carbonyl (C=O) groups is 2. The summed E-state index contributed by atoms with van der Waals surface area (Å²) in [5.41, 5.74) is 0. The number of halogens is 2. The monoisotopic (exact) mass is 303 g/mol. The average Bonchev–Trinajstić information content (AvgIpc) is 2.43. The average molecular weight is 303 g/mol. The minimum absolute atomic E-state index is 0.255. The summed E-state index contributed by atoms with van der Waals surface area (Å²) in [5, 5.41) is 10.5. The van der Waals surface area contributed by atoms with E-state index in [0.29, 0.717) is 0 Å². The molecule has 0 N–H and O–H groups in total. The lowest BCUT2D eigenvalue weighted by Gasteiger charge is -2.29. The van der Waals surface area contributed by atoms with Crippen LogP contribution in [0.3, 0.4) is 0 Å². The quantitative estimate of drug-likeness (QED) is 0.556. The van der Waals surface area contributed by atoms with Crippen molar-refractivity contribution >= 4 is 11.9 Å². The molecule has 1 aliphatic rings. The summed E-state index contributed by atoms with van der Waals surface area (Å²) in [6, 6.07) is 0. The first-order chi connectivity index (χ1) is 9.75. The number of hydrogen-bond acceptors (Lipinski definition) is 4. The van der Waals surface area contributed by atoms with Gasteiger partial charge in [-0.3, -0.25) is 0 Å². The van der Waals surface area contributed by atoms with Gasteiger partial charge in [0.1, 0.15) is 5.97 Å². The molecule has 1 rings (SSSR count). The molecule has 0 spiro atoms. The molecule has 0 aromatic heterocycles. The Labute approximate surface area is 123 Å². The van der Waals surface area contributed by atoms with Crippen LogP contribution >= 0.6 is 0 Å². The third-order valence-electron chi connectivity index (χ3n) is 3.63. The Balaban J connectivity index is 2.64. The Morgan fingerprint density at radius 2 is 1.81 bits per heavy atom. The van der Waals surface area contributed by atoms with Crippen LogP contribution in [0.25, 0.3) is 0 Å². The summed E-state index contributed by atoms with van der Waals surface area (Å²) in [7, 11) is 0. The van der Waals surface area contributed by atoms with Gasteiger partial charge >= 0.3 is 11.9 Å². The summed E-state index contributed by atoms with van der Waals surface area (Å²) in [5.74, 6) is -8.27. The zero-order chi connectivity index (χ0) is 16.0. The fourth-order valence-corrected chi connectivity index (χ4v) is 2.45. The van der Waals surface area contributed by atoms with Crippen LogP contribution in [0.15, 0.2) is 12.2 Å². The van der Waals surface area contributed by atoms with Crippen LogP contribution in [-0.4, -0.2) is 24.0 Å². The molecule has 21 heavy (non-hydrogen) atoms. The molecule has 6 heteroatoms. The molecule has 0 bridgehead atoms. The molecule has 4 nitrogen and oxygen atoms in total. The van der Waals surface area contributed by atoms with Crippen molar-refractivity contribution in [1.82, 2.24) is 0 Å². The van der Waals surface area contributed by atoms with E-state index in [9.17, 15) is 23.5 Å². The molecule has 0 heterocycles. The van der Waals surface area contributed by atoms with Gasteiger partial charge in [-0.1, -0.05) is 39.2 Å². The molecule has 1 atom stereocenters. The van der Waals surface area contributed by atoms with E-state index in [-0.39, 0.29) is 5.92 Å². The van der Waals surface area contributed by atoms with Crippen LogP contribution in [-0.2, 0) is 14.3 Å². The number of rotatable bonds is 6. The third-order valence-corrected chi connectivity index (χ3v) is 3.63. The first-order valence-electron chi connectivity index (χ1n) is 7.23. The highest BCUT2D eigenvalue weighted by atomic mass is 19.3. The van der Waals surface area contributed by atoms with Gasteiger partial charge in [0.25, 0.3) is 0 Å². The maximum Gasteiger partial charge on any atom is 0.330 e. The lowest BCUT2D eigenvalue weighted by Crippen LogP contribution is -2.53. The molecule has 0 saturated heterocycles. The van der Waals surface area contributed by atoms with Gasteiger partial charge < -0.3 is 14.6 Å². The molecule has 120 valence electrons. The van der Waals surface area contributed by atoms with Crippen molar-refractivity contribution in [2.75, 3.05) is 0 Å². The maximum atomic E-state index is 13.5. The zero-order valence-corrected chi connectivity index (χ0v) is 12.3. The van der Waals surface area contributed by atoms with Crippen LogP contribution in [0.4, 0.5) is 8.78 Å². The summed E-state index contributed by atoms with van der Waals surface area (Å²) in [4.78, 5) is 22.1. The van der Waals surface area contributed by atoms with Crippen LogP contribution in [0, 0.1) is 11.8 Å². The second kappa shape index (κ2) is 7.52. The van der Waals surface area contributed by atoms with E-state index in [0.717, 1.165) is 31.8 Å². The van der Waals surface area contributed by atoms with Crippen molar-refractivity contribution in [2.24, 2.45) is 11.8 Å². The number of alkyl halides is 2. The fraction of sp³-hybridized carbons (Fsp3) is 0.733. The molecule has 0 aliphatic heterocycles. The summed E-state index contributed by atoms with van der Waals surface area (Å²) >= 11 is 0. The van der Waals surface area contributed by atoms with Crippen molar-refractivity contribution < 1.29 is 28.2 Å². The Bertz CT molecular complexity index is 398.